The van der Waals surface area contributed by atoms with Gasteiger partial charge >= 0.3 is 0 Å². The second-order valence-corrected chi connectivity index (χ2v) is 7.70. The van der Waals surface area contributed by atoms with Gasteiger partial charge in [-0.2, -0.15) is 0 Å². The van der Waals surface area contributed by atoms with Crippen molar-refractivity contribution in [1.82, 2.24) is 4.90 Å². The monoisotopic (exact) mass is 433 g/mol. The molecule has 3 amide bonds. The Bertz CT molecular complexity index is 931. The zero-order valence-electron chi connectivity index (χ0n) is 16.0. The highest BCUT2D eigenvalue weighted by Gasteiger charge is 2.20. The molecule has 1 N–H and O–H groups in total. The molecular formula is C21H21Cl2N3O3. The molecule has 1 saturated heterocycles. The highest BCUT2D eigenvalue weighted by atomic mass is 35.5. The molecular weight excluding hydrogens is 413 g/mol. The maximum Gasteiger partial charge on any atom is 0.254 e. The fraction of sp³-hybridized carbons (Fsp3) is 0.286. The van der Waals surface area contributed by atoms with Gasteiger partial charge in [-0.1, -0.05) is 23.2 Å². The van der Waals surface area contributed by atoms with Crippen molar-refractivity contribution in [3.05, 3.63) is 58.1 Å². The Labute approximate surface area is 179 Å². The van der Waals surface area contributed by atoms with E-state index in [9.17, 15) is 14.4 Å². The first kappa shape index (κ1) is 21.1. The molecule has 1 aliphatic heterocycles. The molecule has 29 heavy (non-hydrogen) atoms. The number of benzene rings is 2. The molecule has 6 nitrogen and oxygen atoms in total. The van der Waals surface area contributed by atoms with Crippen LogP contribution in [0.1, 0.15) is 29.6 Å². The van der Waals surface area contributed by atoms with Crippen LogP contribution in [-0.2, 0) is 9.59 Å². The van der Waals surface area contributed by atoms with Gasteiger partial charge in [0.15, 0.2) is 0 Å². The Kier molecular flexibility index (Phi) is 6.77. The lowest BCUT2D eigenvalue weighted by atomic mass is 10.1. The molecule has 152 valence electrons. The van der Waals surface area contributed by atoms with Crippen LogP contribution in [0.3, 0.4) is 0 Å². The first-order valence-corrected chi connectivity index (χ1v) is 10.0. The van der Waals surface area contributed by atoms with E-state index in [1.807, 2.05) is 0 Å². The van der Waals surface area contributed by atoms with Crippen molar-refractivity contribution in [3.63, 3.8) is 0 Å². The van der Waals surface area contributed by atoms with Crippen molar-refractivity contribution in [2.45, 2.75) is 19.3 Å². The minimum absolute atomic E-state index is 0.103. The standard InChI is InChI=1S/C21H21Cl2N3O3/c1-25(13-19(27)24-15-7-10-17(22)18(23)12-15)21(29)14-5-8-16(9-6-14)26-11-3-2-4-20(26)28/h5-10,12H,2-4,11,13H2,1H3,(H,24,27). The largest absolute Gasteiger partial charge is 0.332 e. The summed E-state index contributed by atoms with van der Waals surface area (Å²) >= 11 is 11.8. The molecule has 1 fully saturated rings. The van der Waals surface area contributed by atoms with Crippen LogP contribution in [0.5, 0.6) is 0 Å². The van der Waals surface area contributed by atoms with Gasteiger partial charge in [0.25, 0.3) is 5.91 Å². The molecule has 8 heteroatoms. The van der Waals surface area contributed by atoms with Crippen molar-refractivity contribution >= 4 is 52.3 Å². The highest BCUT2D eigenvalue weighted by Crippen LogP contribution is 2.25. The Hall–Kier alpha value is -2.57. The normalized spacial score (nSPS) is 13.9. The third-order valence-corrected chi connectivity index (χ3v) is 5.42. The van der Waals surface area contributed by atoms with E-state index >= 15 is 0 Å². The number of hydrogen-bond donors (Lipinski definition) is 1. The SMILES string of the molecule is CN(CC(=O)Nc1ccc(Cl)c(Cl)c1)C(=O)c1ccc(N2CCCCC2=O)cc1. The quantitative estimate of drug-likeness (QED) is 0.766. The summed E-state index contributed by atoms with van der Waals surface area (Å²) < 4.78 is 0. The van der Waals surface area contributed by atoms with Crippen LogP contribution in [-0.4, -0.2) is 42.8 Å². The summed E-state index contributed by atoms with van der Waals surface area (Å²) in [6, 6.07) is 11.6. The van der Waals surface area contributed by atoms with Gasteiger partial charge in [-0.25, -0.2) is 0 Å². The molecule has 0 bridgehead atoms. The summed E-state index contributed by atoms with van der Waals surface area (Å²) in [6.45, 7) is 0.576. The van der Waals surface area contributed by atoms with Crippen LogP contribution in [0.15, 0.2) is 42.5 Å². The number of hydrogen-bond acceptors (Lipinski definition) is 3. The Morgan fingerprint density at radius 3 is 2.45 bits per heavy atom. The lowest BCUT2D eigenvalue weighted by Crippen LogP contribution is -2.36. The fourth-order valence-electron chi connectivity index (χ4n) is 3.14. The Morgan fingerprint density at radius 2 is 1.79 bits per heavy atom. The highest BCUT2D eigenvalue weighted by molar-refractivity contribution is 6.42. The predicted octanol–water partition coefficient (Wildman–Crippen LogP) is 4.22. The van der Waals surface area contributed by atoms with Crippen molar-refractivity contribution in [3.8, 4) is 0 Å². The average molecular weight is 434 g/mol. The van der Waals surface area contributed by atoms with Gasteiger partial charge in [-0.15, -0.1) is 0 Å². The Morgan fingerprint density at radius 1 is 1.07 bits per heavy atom. The second-order valence-electron chi connectivity index (χ2n) is 6.89. The summed E-state index contributed by atoms with van der Waals surface area (Å²) in [5, 5.41) is 3.41. The number of carbonyl (C=O) groups is 3. The third kappa shape index (κ3) is 5.28. The lowest BCUT2D eigenvalue weighted by molar-refractivity contribution is -0.119. The number of likely N-dealkylation sites (N-methyl/N-ethyl adjacent to an activating group) is 1. The van der Waals surface area contributed by atoms with Crippen LogP contribution in [0.2, 0.25) is 10.0 Å². The summed E-state index contributed by atoms with van der Waals surface area (Å²) in [6.07, 6.45) is 2.45. The van der Waals surface area contributed by atoms with Gasteiger partial charge in [0.05, 0.1) is 16.6 Å². The first-order valence-electron chi connectivity index (χ1n) is 9.26. The van der Waals surface area contributed by atoms with Crippen molar-refractivity contribution in [2.75, 3.05) is 30.4 Å². The van der Waals surface area contributed by atoms with Gasteiger partial charge < -0.3 is 15.1 Å². The molecule has 1 aliphatic rings. The van der Waals surface area contributed by atoms with Crippen LogP contribution in [0.4, 0.5) is 11.4 Å². The topological polar surface area (TPSA) is 69.7 Å². The number of anilines is 2. The zero-order valence-corrected chi connectivity index (χ0v) is 17.5. The van der Waals surface area contributed by atoms with E-state index in [1.54, 1.807) is 54.4 Å². The average Bonchev–Trinajstić information content (AvgIpc) is 2.70. The van der Waals surface area contributed by atoms with E-state index in [2.05, 4.69) is 5.32 Å². The van der Waals surface area contributed by atoms with Crippen molar-refractivity contribution in [2.24, 2.45) is 0 Å². The minimum atomic E-state index is -0.352. The molecule has 0 aromatic heterocycles. The summed E-state index contributed by atoms with van der Waals surface area (Å²) in [7, 11) is 1.55. The predicted molar refractivity (Wildman–Crippen MR) is 115 cm³/mol. The zero-order chi connectivity index (χ0) is 21.0. The molecule has 3 rings (SSSR count). The molecule has 0 unspecified atom stereocenters. The molecule has 1 heterocycles. The lowest BCUT2D eigenvalue weighted by Gasteiger charge is -2.27. The van der Waals surface area contributed by atoms with E-state index in [-0.39, 0.29) is 24.3 Å². The summed E-state index contributed by atoms with van der Waals surface area (Å²) in [5.41, 5.74) is 1.73. The maximum absolute atomic E-state index is 12.6. The molecule has 0 saturated carbocycles. The van der Waals surface area contributed by atoms with Gasteiger partial charge in [0.1, 0.15) is 0 Å². The van der Waals surface area contributed by atoms with Crippen LogP contribution in [0, 0.1) is 0 Å². The number of carbonyl (C=O) groups excluding carboxylic acids is 3. The Balaban J connectivity index is 1.59. The number of piperidine rings is 1. The molecule has 0 radical (unpaired) electrons. The van der Waals surface area contributed by atoms with Crippen LogP contribution >= 0.6 is 23.2 Å². The van der Waals surface area contributed by atoms with E-state index in [4.69, 9.17) is 23.2 Å². The molecule has 2 aromatic rings. The smallest absolute Gasteiger partial charge is 0.254 e. The van der Waals surface area contributed by atoms with Gasteiger partial charge in [-0.3, -0.25) is 14.4 Å². The van der Waals surface area contributed by atoms with E-state index in [0.717, 1.165) is 18.5 Å². The number of amides is 3. The molecule has 0 spiro atoms. The minimum Gasteiger partial charge on any atom is -0.332 e. The van der Waals surface area contributed by atoms with Gasteiger partial charge in [-0.05, 0) is 55.3 Å². The second kappa shape index (κ2) is 9.29. The van der Waals surface area contributed by atoms with Crippen LogP contribution < -0.4 is 10.2 Å². The van der Waals surface area contributed by atoms with Gasteiger partial charge in [0, 0.05) is 37.0 Å². The van der Waals surface area contributed by atoms with Crippen LogP contribution in [0.25, 0.3) is 0 Å². The first-order chi connectivity index (χ1) is 13.8. The fourth-order valence-corrected chi connectivity index (χ4v) is 3.44. The number of nitrogens with zero attached hydrogens (tertiary/aromatic N) is 2. The molecule has 2 aromatic carbocycles. The van der Waals surface area contributed by atoms with E-state index in [0.29, 0.717) is 34.3 Å². The number of nitrogens with one attached hydrogen (secondary N) is 1. The van der Waals surface area contributed by atoms with Crippen molar-refractivity contribution < 1.29 is 14.4 Å². The van der Waals surface area contributed by atoms with E-state index in [1.165, 1.54) is 4.90 Å². The number of rotatable bonds is 5. The van der Waals surface area contributed by atoms with Crippen molar-refractivity contribution in [1.29, 1.82) is 0 Å². The molecule has 0 aliphatic carbocycles. The summed E-state index contributed by atoms with van der Waals surface area (Å²) in [5.74, 6) is -0.535. The maximum atomic E-state index is 12.6. The van der Waals surface area contributed by atoms with E-state index < -0.39 is 0 Å². The summed E-state index contributed by atoms with van der Waals surface area (Å²) in [4.78, 5) is 39.9. The molecule has 0 atom stereocenters. The third-order valence-electron chi connectivity index (χ3n) is 4.68. The number of halogens is 2. The van der Waals surface area contributed by atoms with Gasteiger partial charge in [0.2, 0.25) is 11.8 Å².